The van der Waals surface area contributed by atoms with Crippen molar-refractivity contribution in [2.75, 3.05) is 20.2 Å². The molecule has 2 atom stereocenters. The van der Waals surface area contributed by atoms with Gasteiger partial charge in [0.15, 0.2) is 0 Å². The second kappa shape index (κ2) is 9.87. The van der Waals surface area contributed by atoms with Gasteiger partial charge in [0.2, 0.25) is 5.88 Å². The molecule has 6 rings (SSSR count). The van der Waals surface area contributed by atoms with Crippen LogP contribution in [-0.4, -0.2) is 62.4 Å². The van der Waals surface area contributed by atoms with Crippen LogP contribution < -0.4 is 4.74 Å². The van der Waals surface area contributed by atoms with E-state index in [4.69, 9.17) is 9.72 Å². The number of nitrogens with zero attached hydrogens (tertiary/aromatic N) is 5. The Morgan fingerprint density at radius 3 is 2.42 bits per heavy atom. The van der Waals surface area contributed by atoms with Gasteiger partial charge in [0, 0.05) is 49.5 Å². The van der Waals surface area contributed by atoms with Gasteiger partial charge in [-0.25, -0.2) is 9.97 Å². The molecule has 4 aromatic rings. The number of rotatable bonds is 6. The number of amides is 1. The van der Waals surface area contributed by atoms with Gasteiger partial charge in [0.05, 0.1) is 18.5 Å². The van der Waals surface area contributed by atoms with Crippen LogP contribution in [0.1, 0.15) is 59.9 Å². The van der Waals surface area contributed by atoms with Gasteiger partial charge in [-0.1, -0.05) is 50.2 Å². The molecule has 7 heteroatoms. The zero-order valence-electron chi connectivity index (χ0n) is 22.6. The lowest BCUT2D eigenvalue weighted by molar-refractivity contribution is 0.0413. The van der Waals surface area contributed by atoms with Crippen molar-refractivity contribution in [2.24, 2.45) is 0 Å². The SMILES string of the molecule is COc1ccc(C)c(C(=O)N2CC3CCC(C2)N3Cc2c(-c3ccc(C(C)C)cc3)nc3ccccn23)n1. The fraction of sp³-hybridized carbons (Fsp3) is 0.387. The molecule has 2 saturated heterocycles. The maximum atomic E-state index is 13.5. The predicted molar refractivity (Wildman–Crippen MR) is 148 cm³/mol. The number of hydrogen-bond acceptors (Lipinski definition) is 5. The molecule has 0 radical (unpaired) electrons. The number of pyridine rings is 2. The van der Waals surface area contributed by atoms with E-state index >= 15 is 0 Å². The number of benzene rings is 1. The highest BCUT2D eigenvalue weighted by atomic mass is 16.5. The van der Waals surface area contributed by atoms with Crippen LogP contribution in [0.25, 0.3) is 16.9 Å². The Balaban J connectivity index is 1.28. The van der Waals surface area contributed by atoms with Gasteiger partial charge in [0.25, 0.3) is 5.91 Å². The zero-order valence-corrected chi connectivity index (χ0v) is 22.6. The molecule has 38 heavy (non-hydrogen) atoms. The third-order valence-electron chi connectivity index (χ3n) is 8.22. The van der Waals surface area contributed by atoms with Crippen LogP contribution in [0.3, 0.4) is 0 Å². The Morgan fingerprint density at radius 2 is 1.74 bits per heavy atom. The molecule has 5 heterocycles. The molecular formula is C31H35N5O2. The van der Waals surface area contributed by atoms with E-state index in [1.165, 1.54) is 11.3 Å². The number of aromatic nitrogens is 3. The summed E-state index contributed by atoms with van der Waals surface area (Å²) < 4.78 is 7.51. The van der Waals surface area contributed by atoms with Crippen molar-refractivity contribution in [3.05, 3.63) is 83.3 Å². The summed E-state index contributed by atoms with van der Waals surface area (Å²) in [5.74, 6) is 0.969. The summed E-state index contributed by atoms with van der Waals surface area (Å²) >= 11 is 0. The van der Waals surface area contributed by atoms with E-state index in [-0.39, 0.29) is 5.91 Å². The summed E-state index contributed by atoms with van der Waals surface area (Å²) in [6.07, 6.45) is 4.30. The second-order valence-electron chi connectivity index (χ2n) is 10.9. The quantitative estimate of drug-likeness (QED) is 0.352. The summed E-state index contributed by atoms with van der Waals surface area (Å²) in [6, 6.07) is 19.4. The van der Waals surface area contributed by atoms with Crippen molar-refractivity contribution in [1.82, 2.24) is 24.2 Å². The van der Waals surface area contributed by atoms with Gasteiger partial charge >= 0.3 is 0 Å². The molecule has 7 nitrogen and oxygen atoms in total. The summed E-state index contributed by atoms with van der Waals surface area (Å²) in [6.45, 7) is 8.60. The van der Waals surface area contributed by atoms with Gasteiger partial charge in [-0.15, -0.1) is 0 Å². The lowest BCUT2D eigenvalue weighted by Crippen LogP contribution is -2.55. The molecule has 2 aliphatic rings. The maximum Gasteiger partial charge on any atom is 0.272 e. The number of piperazine rings is 1. The average Bonchev–Trinajstić information content (AvgIpc) is 3.41. The van der Waals surface area contributed by atoms with Crippen molar-refractivity contribution >= 4 is 11.6 Å². The highest BCUT2D eigenvalue weighted by molar-refractivity contribution is 5.94. The van der Waals surface area contributed by atoms with Crippen LogP contribution in [0, 0.1) is 6.92 Å². The zero-order chi connectivity index (χ0) is 26.4. The first kappa shape index (κ1) is 24.6. The Morgan fingerprint density at radius 1 is 1.00 bits per heavy atom. The van der Waals surface area contributed by atoms with Gasteiger partial charge in [-0.3, -0.25) is 9.69 Å². The topological polar surface area (TPSA) is 63.0 Å². The number of fused-ring (bicyclic) bond motifs is 3. The smallest absolute Gasteiger partial charge is 0.272 e. The molecule has 3 aromatic heterocycles. The van der Waals surface area contributed by atoms with Crippen LogP contribution in [0.15, 0.2) is 60.8 Å². The lowest BCUT2D eigenvalue weighted by atomic mass is 10.00. The van der Waals surface area contributed by atoms with Gasteiger partial charge < -0.3 is 14.0 Å². The van der Waals surface area contributed by atoms with E-state index in [0.717, 1.165) is 41.9 Å². The summed E-state index contributed by atoms with van der Waals surface area (Å²) in [7, 11) is 1.58. The minimum absolute atomic E-state index is 0.00122. The van der Waals surface area contributed by atoms with E-state index in [0.29, 0.717) is 42.7 Å². The van der Waals surface area contributed by atoms with E-state index < -0.39 is 0 Å². The standard InChI is InChI=1S/C31H35N5O2/c1-20(2)22-9-11-23(12-10-22)30-26(35-16-6-5-7-27(35)32-30)19-36-24-13-14-25(36)18-34(17-24)31(37)29-21(3)8-15-28(33-29)38-4/h5-12,15-16,20,24-25H,13-14,17-19H2,1-4H3. The number of carbonyl (C=O) groups excluding carboxylic acids is 1. The summed E-state index contributed by atoms with van der Waals surface area (Å²) in [4.78, 5) is 27.6. The number of likely N-dealkylation sites (tertiary alicyclic amines) is 1. The first-order valence-corrected chi connectivity index (χ1v) is 13.6. The summed E-state index contributed by atoms with van der Waals surface area (Å²) in [5.41, 5.74) is 7.06. The average molecular weight is 510 g/mol. The lowest BCUT2D eigenvalue weighted by Gasteiger charge is -2.41. The maximum absolute atomic E-state index is 13.5. The van der Waals surface area contributed by atoms with Crippen molar-refractivity contribution in [3.63, 3.8) is 0 Å². The first-order chi connectivity index (χ1) is 18.4. The van der Waals surface area contributed by atoms with E-state index in [1.807, 2.05) is 24.0 Å². The van der Waals surface area contributed by atoms with Crippen molar-refractivity contribution in [3.8, 4) is 17.1 Å². The number of ether oxygens (including phenoxy) is 1. The Bertz CT molecular complexity index is 1460. The van der Waals surface area contributed by atoms with Crippen LogP contribution in [0.2, 0.25) is 0 Å². The molecule has 0 N–H and O–H groups in total. The van der Waals surface area contributed by atoms with Gasteiger partial charge in [-0.05, 0) is 48.9 Å². The molecule has 0 aliphatic carbocycles. The highest BCUT2D eigenvalue weighted by Crippen LogP contribution is 2.35. The van der Waals surface area contributed by atoms with E-state index in [1.54, 1.807) is 13.2 Å². The Kier molecular flexibility index (Phi) is 6.40. The molecule has 2 aliphatic heterocycles. The third-order valence-corrected chi connectivity index (χ3v) is 8.22. The molecule has 2 bridgehead atoms. The second-order valence-corrected chi connectivity index (χ2v) is 10.9. The van der Waals surface area contributed by atoms with Crippen molar-refractivity contribution < 1.29 is 9.53 Å². The predicted octanol–water partition coefficient (Wildman–Crippen LogP) is 5.33. The molecule has 196 valence electrons. The molecular weight excluding hydrogens is 474 g/mol. The molecule has 1 amide bonds. The summed E-state index contributed by atoms with van der Waals surface area (Å²) in [5, 5.41) is 0. The molecule has 2 fully saturated rings. The number of aryl methyl sites for hydroxylation is 1. The van der Waals surface area contributed by atoms with Crippen molar-refractivity contribution in [1.29, 1.82) is 0 Å². The first-order valence-electron chi connectivity index (χ1n) is 13.6. The minimum atomic E-state index is -0.00122. The van der Waals surface area contributed by atoms with E-state index in [9.17, 15) is 4.79 Å². The fourth-order valence-corrected chi connectivity index (χ4v) is 6.03. The van der Waals surface area contributed by atoms with Crippen LogP contribution >= 0.6 is 0 Å². The van der Waals surface area contributed by atoms with E-state index in [2.05, 4.69) is 70.7 Å². The van der Waals surface area contributed by atoms with Crippen LogP contribution in [0.5, 0.6) is 5.88 Å². The molecule has 1 aromatic carbocycles. The number of carbonyl (C=O) groups is 1. The number of imidazole rings is 1. The monoisotopic (exact) mass is 509 g/mol. The Labute approximate surface area is 224 Å². The molecule has 0 saturated carbocycles. The van der Waals surface area contributed by atoms with Crippen LogP contribution in [-0.2, 0) is 6.54 Å². The number of hydrogen-bond donors (Lipinski definition) is 0. The van der Waals surface area contributed by atoms with Crippen LogP contribution in [0.4, 0.5) is 0 Å². The van der Waals surface area contributed by atoms with Gasteiger partial charge in [-0.2, -0.15) is 0 Å². The minimum Gasteiger partial charge on any atom is -0.481 e. The highest BCUT2D eigenvalue weighted by Gasteiger charge is 2.42. The van der Waals surface area contributed by atoms with Gasteiger partial charge in [0.1, 0.15) is 11.3 Å². The normalized spacial score (nSPS) is 19.4. The Hall–Kier alpha value is -3.71. The molecule has 0 spiro atoms. The fourth-order valence-electron chi connectivity index (χ4n) is 6.03. The third kappa shape index (κ3) is 4.35. The largest absolute Gasteiger partial charge is 0.481 e. The number of methoxy groups -OCH3 is 1. The van der Waals surface area contributed by atoms with Crippen molar-refractivity contribution in [2.45, 2.75) is 58.2 Å². The molecule has 2 unspecified atom stereocenters.